The lowest BCUT2D eigenvalue weighted by Gasteiger charge is -2.46. The maximum absolute atomic E-state index is 14.9. The molecule has 2 aliphatic heterocycles. The lowest BCUT2D eigenvalue weighted by Crippen LogP contribution is -2.58. The van der Waals surface area contributed by atoms with Crippen molar-refractivity contribution in [3.8, 4) is 11.1 Å². The van der Waals surface area contributed by atoms with Crippen LogP contribution in [0.5, 0.6) is 0 Å². The van der Waals surface area contributed by atoms with Gasteiger partial charge in [0, 0.05) is 17.5 Å². The first-order valence-electron chi connectivity index (χ1n) is 12.7. The standard InChI is InChI=1S/C31H26N2O3S3/c1-17-14-18(2)25-22(15-17)24-26(38-39-30(24)37)31(3,4)33(25)29(36)23(16-19-10-6-5-7-11-19)32-27(34)20-12-8-9-13-21(20)28(32)35/h5-15,23H,16H2,1-4H3/t23-/m0/s1. The second-order valence-electron chi connectivity index (χ2n) is 10.6. The monoisotopic (exact) mass is 570 g/mol. The molecule has 0 aliphatic carbocycles. The van der Waals surface area contributed by atoms with Crippen LogP contribution >= 0.6 is 32.9 Å². The molecule has 5 nitrogen and oxygen atoms in total. The van der Waals surface area contributed by atoms with Gasteiger partial charge in [-0.15, -0.1) is 0 Å². The van der Waals surface area contributed by atoms with E-state index in [1.165, 1.54) is 4.90 Å². The van der Waals surface area contributed by atoms with Crippen molar-refractivity contribution in [1.82, 2.24) is 4.90 Å². The highest BCUT2D eigenvalue weighted by atomic mass is 32.9. The number of nitrogens with zero attached hydrogens (tertiary/aromatic N) is 2. The van der Waals surface area contributed by atoms with Gasteiger partial charge in [0.1, 0.15) is 9.87 Å². The number of carbonyl (C=O) groups excluding carboxylic acids is 3. The van der Waals surface area contributed by atoms with Gasteiger partial charge in [0.2, 0.25) is 0 Å². The van der Waals surface area contributed by atoms with Crippen molar-refractivity contribution in [2.75, 3.05) is 4.90 Å². The van der Waals surface area contributed by atoms with Crippen LogP contribution in [0.15, 0.2) is 66.7 Å². The summed E-state index contributed by atoms with van der Waals surface area (Å²) in [4.78, 5) is 46.3. The molecule has 0 N–H and O–H groups in total. The van der Waals surface area contributed by atoms with E-state index in [-0.39, 0.29) is 12.3 Å². The number of anilines is 1. The van der Waals surface area contributed by atoms with E-state index in [4.69, 9.17) is 12.2 Å². The topological polar surface area (TPSA) is 57.7 Å². The van der Waals surface area contributed by atoms with Gasteiger partial charge in [-0.3, -0.25) is 24.2 Å². The van der Waals surface area contributed by atoms with Crippen molar-refractivity contribution in [1.29, 1.82) is 0 Å². The molecule has 6 rings (SSSR count). The number of aryl methyl sites for hydroxylation is 2. The predicted octanol–water partition coefficient (Wildman–Crippen LogP) is 7.31. The first-order valence-corrected chi connectivity index (χ1v) is 15.3. The Labute approximate surface area is 239 Å². The highest BCUT2D eigenvalue weighted by Gasteiger charge is 2.50. The van der Waals surface area contributed by atoms with Gasteiger partial charge < -0.3 is 0 Å². The molecule has 0 unspecified atom stereocenters. The first-order chi connectivity index (χ1) is 18.6. The van der Waals surface area contributed by atoms with Gasteiger partial charge in [-0.25, -0.2) is 0 Å². The Hall–Kier alpha value is -3.46. The molecule has 2 aliphatic rings. The van der Waals surface area contributed by atoms with Crippen LogP contribution < -0.4 is 4.90 Å². The van der Waals surface area contributed by atoms with Crippen LogP contribution in [-0.2, 0) is 16.8 Å². The summed E-state index contributed by atoms with van der Waals surface area (Å²) in [5.41, 5.74) is 5.54. The molecular weight excluding hydrogens is 545 g/mol. The Morgan fingerprint density at radius 3 is 2.15 bits per heavy atom. The Morgan fingerprint density at radius 2 is 1.51 bits per heavy atom. The van der Waals surface area contributed by atoms with E-state index in [1.807, 2.05) is 62.9 Å². The summed E-state index contributed by atoms with van der Waals surface area (Å²) in [7, 11) is 3.13. The van der Waals surface area contributed by atoms with E-state index in [0.29, 0.717) is 11.1 Å². The number of imide groups is 1. The maximum atomic E-state index is 14.9. The summed E-state index contributed by atoms with van der Waals surface area (Å²) in [5.74, 6) is -1.17. The molecule has 0 saturated heterocycles. The van der Waals surface area contributed by atoms with Crippen LogP contribution in [0.1, 0.15) is 56.1 Å². The second-order valence-corrected chi connectivity index (χ2v) is 13.4. The molecule has 1 aromatic heterocycles. The van der Waals surface area contributed by atoms with Gasteiger partial charge in [0.25, 0.3) is 17.7 Å². The highest BCUT2D eigenvalue weighted by Crippen LogP contribution is 2.53. The second kappa shape index (κ2) is 9.33. The summed E-state index contributed by atoms with van der Waals surface area (Å²) >= 11 is 5.77. The third-order valence-corrected chi connectivity index (χ3v) is 10.9. The zero-order valence-electron chi connectivity index (χ0n) is 22.0. The summed E-state index contributed by atoms with van der Waals surface area (Å²) in [5, 5.41) is 0. The van der Waals surface area contributed by atoms with Crippen LogP contribution in [0.3, 0.4) is 0 Å². The van der Waals surface area contributed by atoms with E-state index in [0.717, 1.165) is 42.2 Å². The minimum Gasteiger partial charge on any atom is -0.299 e. The van der Waals surface area contributed by atoms with Gasteiger partial charge in [0.05, 0.1) is 27.2 Å². The zero-order valence-corrected chi connectivity index (χ0v) is 24.4. The van der Waals surface area contributed by atoms with Gasteiger partial charge in [0.15, 0.2) is 0 Å². The Morgan fingerprint density at radius 1 is 0.897 bits per heavy atom. The molecule has 0 radical (unpaired) electrons. The number of fused-ring (bicyclic) bond motifs is 4. The summed E-state index contributed by atoms with van der Waals surface area (Å²) in [6.07, 6.45) is 0.212. The Balaban J connectivity index is 1.55. The van der Waals surface area contributed by atoms with Crippen molar-refractivity contribution in [3.05, 3.63) is 103 Å². The average Bonchev–Trinajstić information content (AvgIpc) is 3.42. The average molecular weight is 571 g/mol. The third kappa shape index (κ3) is 3.92. The molecule has 3 aromatic carbocycles. The summed E-state index contributed by atoms with van der Waals surface area (Å²) in [6, 6.07) is 19.4. The lowest BCUT2D eigenvalue weighted by molar-refractivity contribution is -0.123. The number of rotatable bonds is 4. The number of amides is 3. The minimum absolute atomic E-state index is 0.212. The van der Waals surface area contributed by atoms with E-state index in [1.54, 1.807) is 44.9 Å². The SMILES string of the molecule is Cc1cc(C)c2c(c1)-c1c(ssc1=S)C(C)(C)N2C(=O)[C@H](Cc1ccccc1)N1C(=O)c2ccccc2C1=O. The number of hydrogen-bond donors (Lipinski definition) is 0. The molecule has 196 valence electrons. The smallest absolute Gasteiger partial charge is 0.262 e. The molecule has 0 fully saturated rings. The predicted molar refractivity (Wildman–Crippen MR) is 159 cm³/mol. The number of hydrogen-bond acceptors (Lipinski definition) is 6. The van der Waals surface area contributed by atoms with Crippen molar-refractivity contribution in [3.63, 3.8) is 0 Å². The molecule has 8 heteroatoms. The number of benzene rings is 3. The van der Waals surface area contributed by atoms with Crippen molar-refractivity contribution in [2.24, 2.45) is 0 Å². The summed E-state index contributed by atoms with van der Waals surface area (Å²) < 4.78 is 0.808. The van der Waals surface area contributed by atoms with Crippen molar-refractivity contribution in [2.45, 2.75) is 45.7 Å². The molecule has 3 amide bonds. The highest BCUT2D eigenvalue weighted by molar-refractivity contribution is 7.80. The fourth-order valence-corrected chi connectivity index (χ4v) is 9.16. The molecule has 0 spiro atoms. The maximum Gasteiger partial charge on any atom is 0.262 e. The molecule has 39 heavy (non-hydrogen) atoms. The molecule has 0 bridgehead atoms. The third-order valence-electron chi connectivity index (χ3n) is 7.60. The Bertz CT molecular complexity index is 1700. The summed E-state index contributed by atoms with van der Waals surface area (Å²) in [6.45, 7) is 8.08. The van der Waals surface area contributed by atoms with Gasteiger partial charge in [-0.2, -0.15) is 0 Å². The van der Waals surface area contributed by atoms with E-state index in [9.17, 15) is 14.4 Å². The van der Waals surface area contributed by atoms with E-state index < -0.39 is 23.4 Å². The molecule has 3 heterocycles. The Kier molecular flexibility index (Phi) is 6.17. The molecule has 0 saturated carbocycles. The zero-order chi connectivity index (χ0) is 27.6. The van der Waals surface area contributed by atoms with Gasteiger partial charge in [-0.1, -0.05) is 87.0 Å². The van der Waals surface area contributed by atoms with Crippen LogP contribution in [0.2, 0.25) is 0 Å². The largest absolute Gasteiger partial charge is 0.299 e. The molecule has 4 aromatic rings. The van der Waals surface area contributed by atoms with Crippen LogP contribution in [0.4, 0.5) is 5.69 Å². The van der Waals surface area contributed by atoms with Gasteiger partial charge >= 0.3 is 0 Å². The lowest BCUT2D eigenvalue weighted by atomic mass is 9.84. The number of carbonyl (C=O) groups is 3. The van der Waals surface area contributed by atoms with E-state index in [2.05, 4.69) is 12.1 Å². The first kappa shape index (κ1) is 25.8. The van der Waals surface area contributed by atoms with Crippen LogP contribution in [-0.4, -0.2) is 28.7 Å². The van der Waals surface area contributed by atoms with Crippen molar-refractivity contribution < 1.29 is 14.4 Å². The molecular formula is C31H26N2O3S3. The fraction of sp³-hybridized carbons (Fsp3) is 0.226. The van der Waals surface area contributed by atoms with Crippen LogP contribution in [0, 0.1) is 17.7 Å². The van der Waals surface area contributed by atoms with Gasteiger partial charge in [-0.05, 0) is 57.0 Å². The van der Waals surface area contributed by atoms with Crippen molar-refractivity contribution >= 4 is 56.3 Å². The van der Waals surface area contributed by atoms with E-state index >= 15 is 0 Å². The molecule has 1 atom stereocenters. The normalized spacial score (nSPS) is 16.1. The quantitative estimate of drug-likeness (QED) is 0.147. The fourth-order valence-electron chi connectivity index (χ4n) is 5.88. The minimum atomic E-state index is -1.03. The van der Waals surface area contributed by atoms with Crippen LogP contribution in [0.25, 0.3) is 11.1 Å².